The zero-order valence-electron chi connectivity index (χ0n) is 19.8. The summed E-state index contributed by atoms with van der Waals surface area (Å²) in [6.45, 7) is -0.0273. The van der Waals surface area contributed by atoms with E-state index < -0.39 is 65.3 Å². The summed E-state index contributed by atoms with van der Waals surface area (Å²) in [4.78, 5) is 43.6. The molecule has 0 aliphatic carbocycles. The lowest BCUT2D eigenvalue weighted by atomic mass is 10.1. The lowest BCUT2D eigenvalue weighted by molar-refractivity contribution is -0.143. The molecule has 7 nitrogen and oxygen atoms in total. The highest BCUT2D eigenvalue weighted by molar-refractivity contribution is 6.25. The van der Waals surface area contributed by atoms with E-state index in [0.717, 1.165) is 10.3 Å². The van der Waals surface area contributed by atoms with Gasteiger partial charge in [0.15, 0.2) is 0 Å². The Bertz CT molecular complexity index is 1500. The van der Waals surface area contributed by atoms with Gasteiger partial charge in [0.1, 0.15) is 6.04 Å². The monoisotopic (exact) mass is 548 g/mol. The lowest BCUT2D eigenvalue weighted by Crippen LogP contribution is -2.55. The number of halogens is 6. The molecule has 0 saturated carbocycles. The van der Waals surface area contributed by atoms with Crippen molar-refractivity contribution in [2.24, 2.45) is 0 Å². The summed E-state index contributed by atoms with van der Waals surface area (Å²) >= 11 is 0. The average Bonchev–Trinajstić information content (AvgIpc) is 3.54. The average molecular weight is 548 g/mol. The number of imide groups is 1. The van der Waals surface area contributed by atoms with Crippen LogP contribution in [0.5, 0.6) is 0 Å². The molecule has 5 amide bonds. The molecule has 3 aromatic rings. The maximum absolute atomic E-state index is 13.5. The number of hydrogen-bond donors (Lipinski definition) is 1. The lowest BCUT2D eigenvalue weighted by Gasteiger charge is -2.34. The van der Waals surface area contributed by atoms with E-state index in [2.05, 4.69) is 5.32 Å². The number of rotatable bonds is 2. The molecular weight excluding hydrogens is 530 g/mol. The van der Waals surface area contributed by atoms with Gasteiger partial charge in [-0.15, -0.1) is 0 Å². The number of nitrogens with zero attached hydrogens (tertiary/aromatic N) is 3. The number of urea groups is 2. The molecule has 6 rings (SSSR count). The van der Waals surface area contributed by atoms with E-state index >= 15 is 0 Å². The number of nitrogens with one attached hydrogen (secondary N) is 1. The summed E-state index contributed by atoms with van der Waals surface area (Å²) in [6, 6.07) is 9.32. The van der Waals surface area contributed by atoms with Crippen molar-refractivity contribution in [1.82, 2.24) is 9.80 Å². The van der Waals surface area contributed by atoms with Gasteiger partial charge in [0.2, 0.25) is 0 Å². The van der Waals surface area contributed by atoms with Crippen molar-refractivity contribution in [2.45, 2.75) is 36.9 Å². The Kier molecular flexibility index (Phi) is 5.36. The Morgan fingerprint density at radius 2 is 1.51 bits per heavy atom. The van der Waals surface area contributed by atoms with Gasteiger partial charge in [-0.1, -0.05) is 36.4 Å². The molecule has 3 atom stereocenters. The molecule has 13 heteroatoms. The van der Waals surface area contributed by atoms with Gasteiger partial charge in [-0.25, -0.2) is 14.5 Å². The predicted molar refractivity (Wildman–Crippen MR) is 127 cm³/mol. The zero-order valence-corrected chi connectivity index (χ0v) is 19.8. The van der Waals surface area contributed by atoms with E-state index in [1.54, 1.807) is 24.3 Å². The third-order valence-corrected chi connectivity index (χ3v) is 7.37. The van der Waals surface area contributed by atoms with E-state index in [9.17, 15) is 40.7 Å². The molecular formula is C26H18F6N4O3. The highest BCUT2D eigenvalue weighted by atomic mass is 19.4. The van der Waals surface area contributed by atoms with Crippen LogP contribution < -0.4 is 10.2 Å². The van der Waals surface area contributed by atoms with Crippen molar-refractivity contribution in [3.05, 3.63) is 71.8 Å². The van der Waals surface area contributed by atoms with Gasteiger partial charge in [-0.2, -0.15) is 26.3 Å². The third kappa shape index (κ3) is 3.94. The van der Waals surface area contributed by atoms with Crippen molar-refractivity contribution in [3.63, 3.8) is 0 Å². The maximum atomic E-state index is 13.5. The SMILES string of the molecule is O=C1[C@@H]2[C@@H]3C[C@@H](CN3C(=O)Nc3cc(C(F)(F)F)cc(C(F)(F)F)c3)N2C(=O)N1c1cccc2ccccc12. The molecule has 202 valence electrons. The maximum Gasteiger partial charge on any atom is 0.416 e. The highest BCUT2D eigenvalue weighted by Crippen LogP contribution is 2.44. The van der Waals surface area contributed by atoms with Crippen molar-refractivity contribution in [1.29, 1.82) is 0 Å². The quantitative estimate of drug-likeness (QED) is 0.330. The molecule has 39 heavy (non-hydrogen) atoms. The van der Waals surface area contributed by atoms with Crippen molar-refractivity contribution >= 4 is 40.1 Å². The number of benzene rings is 3. The fourth-order valence-corrected chi connectivity index (χ4v) is 5.74. The first-order chi connectivity index (χ1) is 18.3. The second-order valence-electron chi connectivity index (χ2n) is 9.64. The second kappa shape index (κ2) is 8.35. The number of alkyl halides is 6. The normalized spacial score (nSPS) is 22.7. The number of amides is 5. The molecule has 3 aliphatic heterocycles. The van der Waals surface area contributed by atoms with Gasteiger partial charge >= 0.3 is 24.4 Å². The minimum absolute atomic E-state index is 0.0273. The van der Waals surface area contributed by atoms with Crippen LogP contribution in [-0.4, -0.2) is 52.4 Å². The molecule has 3 saturated heterocycles. The Labute approximate surface area is 216 Å². The number of fused-ring (bicyclic) bond motifs is 6. The number of hydrogen-bond acceptors (Lipinski definition) is 3. The fraction of sp³-hybridized carbons (Fsp3) is 0.269. The number of carbonyl (C=O) groups is 3. The second-order valence-corrected chi connectivity index (χ2v) is 9.64. The van der Waals surface area contributed by atoms with Gasteiger partial charge in [0.05, 0.1) is 28.9 Å². The summed E-state index contributed by atoms with van der Waals surface area (Å²) in [6.07, 6.45) is -9.89. The molecule has 0 radical (unpaired) electrons. The first kappa shape index (κ1) is 25.0. The zero-order chi connectivity index (χ0) is 27.9. The number of likely N-dealkylation sites (tertiary alicyclic amines) is 1. The molecule has 3 aliphatic rings. The van der Waals surface area contributed by atoms with Crippen molar-refractivity contribution in [2.75, 3.05) is 16.8 Å². The van der Waals surface area contributed by atoms with E-state index in [0.29, 0.717) is 23.2 Å². The summed E-state index contributed by atoms with van der Waals surface area (Å²) < 4.78 is 79.4. The number of carbonyl (C=O) groups excluding carboxylic acids is 3. The van der Waals surface area contributed by atoms with Crippen molar-refractivity contribution < 1.29 is 40.7 Å². The Balaban J connectivity index is 1.27. The Morgan fingerprint density at radius 1 is 0.872 bits per heavy atom. The van der Waals surface area contributed by atoms with Gasteiger partial charge in [0, 0.05) is 17.6 Å². The summed E-state index contributed by atoms with van der Waals surface area (Å²) in [5, 5.41) is 3.61. The first-order valence-electron chi connectivity index (χ1n) is 11.9. The number of anilines is 2. The molecule has 2 bridgehead atoms. The standard InChI is InChI=1S/C26H18F6N4O3/c27-25(28,29)14-8-15(26(30,31)32)10-16(9-14)33-23(38)34-12-17-11-20(34)21-22(37)36(24(39)35(17)21)19-7-3-5-13-4-1-2-6-18(13)19/h1-10,17,20-21H,11-12H2,(H,33,38)/t17-,20-,21-/m0/s1. The smallest absolute Gasteiger partial charge is 0.317 e. The van der Waals surface area contributed by atoms with Gasteiger partial charge in [0.25, 0.3) is 5.91 Å². The minimum Gasteiger partial charge on any atom is -0.317 e. The van der Waals surface area contributed by atoms with E-state index in [-0.39, 0.29) is 19.0 Å². The summed E-state index contributed by atoms with van der Waals surface area (Å²) in [5.74, 6) is -0.556. The Morgan fingerprint density at radius 3 is 2.18 bits per heavy atom. The van der Waals surface area contributed by atoms with Crippen LogP contribution >= 0.6 is 0 Å². The fourth-order valence-electron chi connectivity index (χ4n) is 5.74. The molecule has 0 aromatic heterocycles. The molecule has 0 spiro atoms. The molecule has 1 N–H and O–H groups in total. The predicted octanol–water partition coefficient (Wildman–Crippen LogP) is 5.70. The van der Waals surface area contributed by atoms with E-state index in [1.165, 1.54) is 9.80 Å². The third-order valence-electron chi connectivity index (χ3n) is 7.37. The van der Waals surface area contributed by atoms with Gasteiger partial charge in [-0.3, -0.25) is 4.79 Å². The Hall–Kier alpha value is -4.29. The first-order valence-corrected chi connectivity index (χ1v) is 11.9. The summed E-state index contributed by atoms with van der Waals surface area (Å²) in [5.41, 5.74) is -3.43. The molecule has 3 heterocycles. The van der Waals surface area contributed by atoms with Crippen LogP contribution in [0.3, 0.4) is 0 Å². The minimum atomic E-state index is -5.07. The van der Waals surface area contributed by atoms with Crippen LogP contribution in [0.25, 0.3) is 10.8 Å². The van der Waals surface area contributed by atoms with Crippen LogP contribution in [0.2, 0.25) is 0 Å². The van der Waals surface area contributed by atoms with Crippen LogP contribution in [0.15, 0.2) is 60.7 Å². The van der Waals surface area contributed by atoms with E-state index in [4.69, 9.17) is 0 Å². The van der Waals surface area contributed by atoms with Crippen molar-refractivity contribution in [3.8, 4) is 0 Å². The van der Waals surface area contributed by atoms with Gasteiger partial charge in [-0.05, 0) is 36.1 Å². The topological polar surface area (TPSA) is 73.0 Å². The molecule has 0 unspecified atom stereocenters. The van der Waals surface area contributed by atoms with Crippen LogP contribution in [0.4, 0.5) is 47.3 Å². The van der Waals surface area contributed by atoms with Gasteiger partial charge < -0.3 is 15.1 Å². The molecule has 3 aromatic carbocycles. The number of piperazine rings is 1. The summed E-state index contributed by atoms with van der Waals surface area (Å²) in [7, 11) is 0. The van der Waals surface area contributed by atoms with Crippen LogP contribution in [0.1, 0.15) is 17.5 Å². The highest BCUT2D eigenvalue weighted by Gasteiger charge is 2.63. The largest absolute Gasteiger partial charge is 0.416 e. The van der Waals surface area contributed by atoms with Crippen LogP contribution in [0, 0.1) is 0 Å². The van der Waals surface area contributed by atoms with Crippen LogP contribution in [-0.2, 0) is 17.1 Å². The van der Waals surface area contributed by atoms with E-state index in [1.807, 2.05) is 18.2 Å². The molecule has 3 fully saturated rings.